The number of ether oxygens (including phenoxy) is 4. The Hall–Kier alpha value is -2.65. The monoisotopic (exact) mass is 518 g/mol. The minimum atomic E-state index is -0.768. The minimum absolute atomic E-state index is 0.0154. The van der Waals surface area contributed by atoms with Crippen LogP contribution in [-0.2, 0) is 35.1 Å². The van der Waals surface area contributed by atoms with E-state index in [-0.39, 0.29) is 24.5 Å². The van der Waals surface area contributed by atoms with Crippen LogP contribution in [0.1, 0.15) is 64.9 Å². The van der Waals surface area contributed by atoms with Crippen LogP contribution in [0, 0.1) is 5.92 Å². The number of carbonyl (C=O) groups is 3. The number of esters is 1. The number of likely N-dealkylation sites (tertiary alicyclic amines) is 1. The zero-order valence-electron chi connectivity index (χ0n) is 22.6. The van der Waals surface area contributed by atoms with Crippen molar-refractivity contribution in [3.63, 3.8) is 0 Å². The van der Waals surface area contributed by atoms with E-state index in [4.69, 9.17) is 18.9 Å². The van der Waals surface area contributed by atoms with Crippen molar-refractivity contribution in [3.8, 4) is 0 Å². The number of methoxy groups -OCH3 is 1. The molecule has 0 aromatic heterocycles. The van der Waals surface area contributed by atoms with Gasteiger partial charge in [-0.2, -0.15) is 0 Å². The summed E-state index contributed by atoms with van der Waals surface area (Å²) in [6, 6.07) is 8.34. The van der Waals surface area contributed by atoms with Crippen LogP contribution < -0.4 is 5.32 Å². The van der Waals surface area contributed by atoms with Gasteiger partial charge in [-0.3, -0.25) is 4.79 Å². The van der Waals surface area contributed by atoms with Gasteiger partial charge in [0.15, 0.2) is 0 Å². The number of benzene rings is 1. The third kappa shape index (κ3) is 9.00. The third-order valence-corrected chi connectivity index (χ3v) is 6.77. The van der Waals surface area contributed by atoms with E-state index in [0.29, 0.717) is 26.2 Å². The molecule has 1 aromatic carbocycles. The van der Waals surface area contributed by atoms with Gasteiger partial charge in [-0.15, -0.1) is 0 Å². The molecule has 1 N–H and O–H groups in total. The van der Waals surface area contributed by atoms with Crippen molar-refractivity contribution in [2.45, 2.75) is 89.7 Å². The molecule has 1 aromatic rings. The van der Waals surface area contributed by atoms with Gasteiger partial charge in [-0.25, -0.2) is 9.59 Å². The number of nitrogens with one attached hydrogen (secondary N) is 1. The molecule has 0 spiro atoms. The molecule has 2 aliphatic rings. The largest absolute Gasteiger partial charge is 0.467 e. The zero-order valence-corrected chi connectivity index (χ0v) is 22.6. The van der Waals surface area contributed by atoms with E-state index in [1.165, 1.54) is 12.0 Å². The van der Waals surface area contributed by atoms with Gasteiger partial charge in [0.25, 0.3) is 0 Å². The van der Waals surface area contributed by atoms with E-state index in [0.717, 1.165) is 37.7 Å². The van der Waals surface area contributed by atoms with E-state index in [1.807, 2.05) is 30.3 Å². The first-order valence-corrected chi connectivity index (χ1v) is 13.3. The SMILES string of the molecule is COC(=O)[C@@H]1C[C@@H](OCCOCc2ccccc2)CN1C(=O)[C@@H](NC(=O)OC(C)(C)C)C1CCCCC1. The molecule has 2 amide bonds. The predicted molar refractivity (Wildman–Crippen MR) is 138 cm³/mol. The quantitative estimate of drug-likeness (QED) is 0.371. The second-order valence-electron chi connectivity index (χ2n) is 10.8. The Balaban J connectivity index is 1.62. The molecule has 9 nitrogen and oxygen atoms in total. The molecular formula is C28H42N2O7. The van der Waals surface area contributed by atoms with E-state index in [2.05, 4.69) is 5.32 Å². The van der Waals surface area contributed by atoms with Crippen LogP contribution in [0.4, 0.5) is 4.79 Å². The minimum Gasteiger partial charge on any atom is -0.467 e. The molecule has 37 heavy (non-hydrogen) atoms. The summed E-state index contributed by atoms with van der Waals surface area (Å²) in [5.41, 5.74) is 0.394. The molecule has 1 saturated carbocycles. The maximum atomic E-state index is 13.8. The normalized spacial score (nSPS) is 21.4. The number of alkyl carbamates (subject to hydrolysis) is 1. The second-order valence-corrected chi connectivity index (χ2v) is 10.8. The Kier molecular flexibility index (Phi) is 10.8. The molecule has 1 saturated heterocycles. The third-order valence-electron chi connectivity index (χ3n) is 6.77. The maximum Gasteiger partial charge on any atom is 0.408 e. The van der Waals surface area contributed by atoms with Crippen LogP contribution in [-0.4, -0.2) is 73.5 Å². The molecule has 0 bridgehead atoms. The summed E-state index contributed by atoms with van der Waals surface area (Å²) in [5.74, 6) is -0.794. The molecule has 206 valence electrons. The lowest BCUT2D eigenvalue weighted by Crippen LogP contribution is -2.55. The summed E-state index contributed by atoms with van der Waals surface area (Å²) in [4.78, 5) is 40.6. The topological polar surface area (TPSA) is 103 Å². The first kappa shape index (κ1) is 28.9. The number of amides is 2. The molecule has 1 aliphatic carbocycles. The molecule has 0 radical (unpaired) electrons. The first-order chi connectivity index (χ1) is 17.7. The van der Waals surface area contributed by atoms with Gasteiger partial charge < -0.3 is 29.2 Å². The first-order valence-electron chi connectivity index (χ1n) is 13.3. The summed E-state index contributed by atoms with van der Waals surface area (Å²) < 4.78 is 22.1. The average molecular weight is 519 g/mol. The number of carbonyl (C=O) groups excluding carboxylic acids is 3. The molecule has 3 atom stereocenters. The van der Waals surface area contributed by atoms with Crippen LogP contribution in [0.3, 0.4) is 0 Å². The van der Waals surface area contributed by atoms with Gasteiger partial charge in [0.1, 0.15) is 17.7 Å². The van der Waals surface area contributed by atoms with Crippen molar-refractivity contribution in [3.05, 3.63) is 35.9 Å². The molecule has 1 heterocycles. The van der Waals surface area contributed by atoms with Crippen LogP contribution in [0.5, 0.6) is 0 Å². The molecule has 1 aliphatic heterocycles. The fraction of sp³-hybridized carbons (Fsp3) is 0.679. The Labute approximate surface area is 220 Å². The van der Waals surface area contributed by atoms with Gasteiger partial charge in [0, 0.05) is 13.0 Å². The second kappa shape index (κ2) is 13.8. The van der Waals surface area contributed by atoms with E-state index >= 15 is 0 Å². The molecule has 3 rings (SSSR count). The average Bonchev–Trinajstić information content (AvgIpc) is 3.30. The lowest BCUT2D eigenvalue weighted by Gasteiger charge is -2.34. The van der Waals surface area contributed by atoms with Gasteiger partial charge >= 0.3 is 12.1 Å². The van der Waals surface area contributed by atoms with Gasteiger partial charge in [-0.05, 0) is 45.1 Å². The highest BCUT2D eigenvalue weighted by Gasteiger charge is 2.45. The Bertz CT molecular complexity index is 880. The maximum absolute atomic E-state index is 13.8. The number of rotatable bonds is 10. The van der Waals surface area contributed by atoms with Gasteiger partial charge in [0.05, 0.1) is 33.0 Å². The van der Waals surface area contributed by atoms with E-state index < -0.39 is 29.7 Å². The fourth-order valence-electron chi connectivity index (χ4n) is 5.02. The molecule has 2 fully saturated rings. The number of hydrogen-bond acceptors (Lipinski definition) is 7. The van der Waals surface area contributed by atoms with Crippen LogP contribution in [0.15, 0.2) is 30.3 Å². The van der Waals surface area contributed by atoms with Crippen molar-refractivity contribution in [2.24, 2.45) is 5.92 Å². The molecule has 0 unspecified atom stereocenters. The van der Waals surface area contributed by atoms with Crippen molar-refractivity contribution < 1.29 is 33.3 Å². The van der Waals surface area contributed by atoms with Crippen LogP contribution in [0.25, 0.3) is 0 Å². The number of hydrogen-bond donors (Lipinski definition) is 1. The van der Waals surface area contributed by atoms with Crippen molar-refractivity contribution in [2.75, 3.05) is 26.9 Å². The summed E-state index contributed by atoms with van der Waals surface area (Å²) in [7, 11) is 1.31. The Morgan fingerprint density at radius 2 is 1.76 bits per heavy atom. The van der Waals surface area contributed by atoms with E-state index in [9.17, 15) is 14.4 Å². The molecule has 9 heteroatoms. The number of nitrogens with zero attached hydrogens (tertiary/aromatic N) is 1. The molecular weight excluding hydrogens is 476 g/mol. The Morgan fingerprint density at radius 3 is 2.41 bits per heavy atom. The van der Waals surface area contributed by atoms with Crippen molar-refractivity contribution in [1.29, 1.82) is 0 Å². The predicted octanol–water partition coefficient (Wildman–Crippen LogP) is 3.84. The zero-order chi connectivity index (χ0) is 26.8. The fourth-order valence-corrected chi connectivity index (χ4v) is 5.02. The summed E-state index contributed by atoms with van der Waals surface area (Å²) in [5, 5.41) is 2.82. The highest BCUT2D eigenvalue weighted by molar-refractivity contribution is 5.90. The van der Waals surface area contributed by atoms with Crippen LogP contribution in [0.2, 0.25) is 0 Å². The highest BCUT2D eigenvalue weighted by atomic mass is 16.6. The summed E-state index contributed by atoms with van der Waals surface area (Å²) in [6.45, 7) is 6.82. The van der Waals surface area contributed by atoms with E-state index in [1.54, 1.807) is 20.8 Å². The van der Waals surface area contributed by atoms with Gasteiger partial charge in [-0.1, -0.05) is 49.6 Å². The highest BCUT2D eigenvalue weighted by Crippen LogP contribution is 2.30. The lowest BCUT2D eigenvalue weighted by molar-refractivity contribution is -0.152. The van der Waals surface area contributed by atoms with Crippen molar-refractivity contribution >= 4 is 18.0 Å². The summed E-state index contributed by atoms with van der Waals surface area (Å²) >= 11 is 0. The van der Waals surface area contributed by atoms with Crippen molar-refractivity contribution in [1.82, 2.24) is 10.2 Å². The van der Waals surface area contributed by atoms with Gasteiger partial charge in [0.2, 0.25) is 5.91 Å². The Morgan fingerprint density at radius 1 is 1.05 bits per heavy atom. The lowest BCUT2D eigenvalue weighted by atomic mass is 9.83. The smallest absolute Gasteiger partial charge is 0.408 e. The van der Waals surface area contributed by atoms with Crippen LogP contribution >= 0.6 is 0 Å². The summed E-state index contributed by atoms with van der Waals surface area (Å²) in [6.07, 6.45) is 4.15. The standard InChI is InChI=1S/C28H42N2O7/c1-28(2,3)37-27(33)29-24(21-13-9-6-10-14-21)25(31)30-18-22(17-23(30)26(32)34-4)36-16-15-35-19-20-11-7-5-8-12-20/h5,7-8,11-12,21-24H,6,9-10,13-19H2,1-4H3,(H,29,33)/t22-,23+,24+/m1/s1.